The minimum Gasteiger partial charge on any atom is -0.0895 e. The highest BCUT2D eigenvalue weighted by Gasteiger charge is 2.14. The van der Waals surface area contributed by atoms with Crippen molar-refractivity contribution < 1.29 is 0 Å². The molecular formula is C12H23Cl. The molecule has 0 amide bonds. The Kier molecular flexibility index (Phi) is 7.45. The first-order valence-corrected chi connectivity index (χ1v) is 5.76. The van der Waals surface area contributed by atoms with Crippen molar-refractivity contribution in [3.05, 3.63) is 11.6 Å². The van der Waals surface area contributed by atoms with Gasteiger partial charge in [-0.25, -0.2) is 0 Å². The molecule has 1 fully saturated rings. The Hall–Kier alpha value is 0.0300. The summed E-state index contributed by atoms with van der Waals surface area (Å²) in [6, 6.07) is 0. The molecule has 1 aliphatic carbocycles. The molecular weight excluding hydrogens is 180 g/mol. The fourth-order valence-corrected chi connectivity index (χ4v) is 1.63. The molecule has 0 spiro atoms. The van der Waals surface area contributed by atoms with E-state index in [9.17, 15) is 0 Å². The first-order chi connectivity index (χ1) is 6.04. The van der Waals surface area contributed by atoms with Gasteiger partial charge in [-0.1, -0.05) is 58.2 Å². The molecule has 0 saturated heterocycles. The van der Waals surface area contributed by atoms with Gasteiger partial charge in [0.25, 0.3) is 0 Å². The molecule has 0 aliphatic heterocycles. The molecule has 0 radical (unpaired) electrons. The number of rotatable bonds is 1. The van der Waals surface area contributed by atoms with Crippen molar-refractivity contribution in [1.82, 2.24) is 0 Å². The quantitative estimate of drug-likeness (QED) is 0.563. The van der Waals surface area contributed by atoms with Gasteiger partial charge in [-0.05, 0) is 24.7 Å². The number of allylic oxidation sites excluding steroid dienone is 1. The Labute approximate surface area is 88.4 Å². The first-order valence-electron chi connectivity index (χ1n) is 5.38. The Balaban J connectivity index is 0.000000310. The van der Waals surface area contributed by atoms with Crippen LogP contribution in [0.15, 0.2) is 11.6 Å². The monoisotopic (exact) mass is 202 g/mol. The maximum Gasteiger partial charge on any atom is 0.0140 e. The molecule has 13 heavy (non-hydrogen) atoms. The second-order valence-corrected chi connectivity index (χ2v) is 5.00. The molecule has 0 bridgehead atoms. The SMILES string of the molecule is C=C(Cl)C1CCCCC1.CC(C)C. The molecule has 0 nitrogen and oxygen atoms in total. The van der Waals surface area contributed by atoms with Gasteiger partial charge in [-0.3, -0.25) is 0 Å². The number of halogens is 1. The van der Waals surface area contributed by atoms with E-state index in [2.05, 4.69) is 27.4 Å². The molecule has 0 atom stereocenters. The van der Waals surface area contributed by atoms with E-state index >= 15 is 0 Å². The van der Waals surface area contributed by atoms with Crippen molar-refractivity contribution in [3.63, 3.8) is 0 Å². The van der Waals surface area contributed by atoms with Gasteiger partial charge in [0, 0.05) is 5.03 Å². The fourth-order valence-electron chi connectivity index (χ4n) is 1.42. The van der Waals surface area contributed by atoms with Crippen LogP contribution < -0.4 is 0 Å². The van der Waals surface area contributed by atoms with E-state index in [1.54, 1.807) is 0 Å². The maximum atomic E-state index is 5.76. The second-order valence-electron chi connectivity index (χ2n) is 4.51. The van der Waals surface area contributed by atoms with Gasteiger partial charge in [-0.15, -0.1) is 0 Å². The van der Waals surface area contributed by atoms with Gasteiger partial charge >= 0.3 is 0 Å². The molecule has 1 aliphatic rings. The Morgan fingerprint density at radius 1 is 1.15 bits per heavy atom. The minimum atomic E-state index is 0.625. The average molecular weight is 203 g/mol. The van der Waals surface area contributed by atoms with E-state index in [4.69, 9.17) is 11.6 Å². The van der Waals surface area contributed by atoms with E-state index in [0.29, 0.717) is 5.92 Å². The van der Waals surface area contributed by atoms with Crippen molar-refractivity contribution in [2.75, 3.05) is 0 Å². The van der Waals surface area contributed by atoms with Crippen LogP contribution in [0.4, 0.5) is 0 Å². The summed E-state index contributed by atoms with van der Waals surface area (Å²) in [6.07, 6.45) is 6.61. The lowest BCUT2D eigenvalue weighted by Gasteiger charge is -2.19. The summed E-state index contributed by atoms with van der Waals surface area (Å²) in [7, 11) is 0. The van der Waals surface area contributed by atoms with Crippen LogP contribution in [0.2, 0.25) is 0 Å². The first kappa shape index (κ1) is 13.0. The number of hydrogen-bond acceptors (Lipinski definition) is 0. The average Bonchev–Trinajstić information content (AvgIpc) is 2.05. The lowest BCUT2D eigenvalue weighted by Crippen LogP contribution is -2.04. The molecule has 78 valence electrons. The number of hydrogen-bond donors (Lipinski definition) is 0. The van der Waals surface area contributed by atoms with Crippen LogP contribution in [0.1, 0.15) is 52.9 Å². The highest BCUT2D eigenvalue weighted by atomic mass is 35.5. The zero-order valence-corrected chi connectivity index (χ0v) is 10.0. The summed E-state index contributed by atoms with van der Waals surface area (Å²) >= 11 is 5.76. The van der Waals surface area contributed by atoms with Gasteiger partial charge < -0.3 is 0 Å². The normalized spacial score (nSPS) is 17.9. The molecule has 0 aromatic rings. The van der Waals surface area contributed by atoms with Crippen molar-refractivity contribution in [1.29, 1.82) is 0 Å². The summed E-state index contributed by atoms with van der Waals surface area (Å²) in [5, 5.41) is 0.870. The standard InChI is InChI=1S/C8H13Cl.C4H10/c1-7(9)8-5-3-2-4-6-8;1-4(2)3/h8H,1-6H2;4H,1-3H3. The van der Waals surface area contributed by atoms with Crippen LogP contribution in [0.3, 0.4) is 0 Å². The van der Waals surface area contributed by atoms with Crippen LogP contribution in [-0.2, 0) is 0 Å². The zero-order valence-electron chi connectivity index (χ0n) is 9.28. The lowest BCUT2D eigenvalue weighted by atomic mass is 9.89. The second kappa shape index (κ2) is 7.44. The van der Waals surface area contributed by atoms with E-state index in [-0.39, 0.29) is 0 Å². The molecule has 0 aromatic heterocycles. The van der Waals surface area contributed by atoms with Crippen LogP contribution >= 0.6 is 11.6 Å². The minimum absolute atomic E-state index is 0.625. The summed E-state index contributed by atoms with van der Waals surface area (Å²) in [6.45, 7) is 10.2. The molecule has 1 heteroatoms. The van der Waals surface area contributed by atoms with E-state index in [1.807, 2.05) is 0 Å². The molecule has 1 rings (SSSR count). The summed E-state index contributed by atoms with van der Waals surface area (Å²) in [5.74, 6) is 1.46. The highest BCUT2D eigenvalue weighted by Crippen LogP contribution is 2.30. The smallest absolute Gasteiger partial charge is 0.0140 e. The highest BCUT2D eigenvalue weighted by molar-refractivity contribution is 6.29. The third-order valence-corrected chi connectivity index (χ3v) is 2.36. The lowest BCUT2D eigenvalue weighted by molar-refractivity contribution is 0.414. The van der Waals surface area contributed by atoms with Gasteiger partial charge in [0.1, 0.15) is 0 Å². The van der Waals surface area contributed by atoms with Crippen LogP contribution in [0.25, 0.3) is 0 Å². The molecule has 1 saturated carbocycles. The van der Waals surface area contributed by atoms with E-state index in [1.165, 1.54) is 32.1 Å². The predicted octanol–water partition coefficient (Wildman–Crippen LogP) is 4.98. The third-order valence-electron chi connectivity index (χ3n) is 2.05. The summed E-state index contributed by atoms with van der Waals surface area (Å²) < 4.78 is 0. The van der Waals surface area contributed by atoms with Gasteiger partial charge in [-0.2, -0.15) is 0 Å². The van der Waals surface area contributed by atoms with E-state index in [0.717, 1.165) is 11.0 Å². The van der Waals surface area contributed by atoms with Crippen LogP contribution in [-0.4, -0.2) is 0 Å². The Morgan fingerprint density at radius 2 is 1.54 bits per heavy atom. The van der Waals surface area contributed by atoms with Gasteiger partial charge in [0.15, 0.2) is 0 Å². The molecule has 0 aromatic carbocycles. The summed E-state index contributed by atoms with van der Waals surface area (Å²) in [5.41, 5.74) is 0. The summed E-state index contributed by atoms with van der Waals surface area (Å²) in [4.78, 5) is 0. The Morgan fingerprint density at radius 3 is 1.77 bits per heavy atom. The van der Waals surface area contributed by atoms with Crippen molar-refractivity contribution in [2.24, 2.45) is 11.8 Å². The molecule has 0 heterocycles. The largest absolute Gasteiger partial charge is 0.0895 e. The van der Waals surface area contributed by atoms with Crippen molar-refractivity contribution in [2.45, 2.75) is 52.9 Å². The predicted molar refractivity (Wildman–Crippen MR) is 62.1 cm³/mol. The molecule has 0 N–H and O–H groups in total. The van der Waals surface area contributed by atoms with Crippen LogP contribution in [0, 0.1) is 11.8 Å². The zero-order chi connectivity index (χ0) is 10.3. The van der Waals surface area contributed by atoms with Crippen molar-refractivity contribution in [3.8, 4) is 0 Å². The van der Waals surface area contributed by atoms with Crippen LogP contribution in [0.5, 0.6) is 0 Å². The third kappa shape index (κ3) is 8.36. The maximum absolute atomic E-state index is 5.76. The topological polar surface area (TPSA) is 0 Å². The van der Waals surface area contributed by atoms with Crippen molar-refractivity contribution >= 4 is 11.6 Å². The Bertz CT molecular complexity index is 129. The molecule has 0 unspecified atom stereocenters. The fraction of sp³-hybridized carbons (Fsp3) is 0.833. The van der Waals surface area contributed by atoms with Gasteiger partial charge in [0.2, 0.25) is 0 Å². The van der Waals surface area contributed by atoms with E-state index < -0.39 is 0 Å². The van der Waals surface area contributed by atoms with Gasteiger partial charge in [0.05, 0.1) is 0 Å².